The van der Waals surface area contributed by atoms with Crippen molar-refractivity contribution >= 4 is 23.0 Å². The van der Waals surface area contributed by atoms with Crippen molar-refractivity contribution in [3.05, 3.63) is 47.8 Å². The summed E-state index contributed by atoms with van der Waals surface area (Å²) in [5, 5.41) is 6.30. The number of hydrogen-bond donors (Lipinski definition) is 2. The highest BCUT2D eigenvalue weighted by atomic mass is 16.1. The summed E-state index contributed by atoms with van der Waals surface area (Å²) in [6.07, 6.45) is 5.38. The van der Waals surface area contributed by atoms with Gasteiger partial charge in [0.15, 0.2) is 0 Å². The van der Waals surface area contributed by atoms with Crippen molar-refractivity contribution in [1.29, 1.82) is 0 Å². The van der Waals surface area contributed by atoms with Crippen LogP contribution in [-0.2, 0) is 0 Å². The number of unbranched alkanes of at least 4 members (excludes halogenated alkanes) is 1. The Bertz CT molecular complexity index is 726. The van der Waals surface area contributed by atoms with E-state index in [2.05, 4.69) is 66.4 Å². The molecule has 5 nitrogen and oxygen atoms in total. The van der Waals surface area contributed by atoms with Gasteiger partial charge in [-0.05, 0) is 57.0 Å². The minimum atomic E-state index is -0.0804. The Hall–Kier alpha value is -2.56. The van der Waals surface area contributed by atoms with Crippen LogP contribution in [-0.4, -0.2) is 30.5 Å². The predicted octanol–water partition coefficient (Wildman–Crippen LogP) is 4.51. The standard InChI is InChI=1S/C21H30N4O/c1-5-8-11-23-21(26)17-13-18(15-22-14-17)24-20-10-9-19(12-16(20)4)25(6-2)7-3/h9-10,12-15,24H,5-8,11H2,1-4H3,(H,23,26). The molecular weight excluding hydrogens is 324 g/mol. The van der Waals surface area contributed by atoms with Crippen molar-refractivity contribution in [2.45, 2.75) is 40.5 Å². The number of pyridine rings is 1. The number of nitrogens with one attached hydrogen (secondary N) is 2. The van der Waals surface area contributed by atoms with E-state index in [1.54, 1.807) is 12.4 Å². The maximum absolute atomic E-state index is 12.2. The molecular formula is C21H30N4O. The van der Waals surface area contributed by atoms with Crippen LogP contribution >= 0.6 is 0 Å². The maximum Gasteiger partial charge on any atom is 0.252 e. The lowest BCUT2D eigenvalue weighted by atomic mass is 10.1. The third kappa shape index (κ3) is 5.22. The average Bonchev–Trinajstić information content (AvgIpc) is 2.65. The molecule has 0 aliphatic heterocycles. The van der Waals surface area contributed by atoms with Crippen LogP contribution in [0, 0.1) is 6.92 Å². The number of carbonyl (C=O) groups is 1. The summed E-state index contributed by atoms with van der Waals surface area (Å²) in [6.45, 7) is 11.2. The molecule has 0 bridgehead atoms. The van der Waals surface area contributed by atoms with E-state index in [1.807, 2.05) is 6.07 Å². The molecule has 2 N–H and O–H groups in total. The number of carbonyl (C=O) groups excluding carboxylic acids is 1. The lowest BCUT2D eigenvalue weighted by molar-refractivity contribution is 0.0953. The van der Waals surface area contributed by atoms with Gasteiger partial charge in [-0.2, -0.15) is 0 Å². The Kier molecular flexibility index (Phi) is 7.45. The van der Waals surface area contributed by atoms with E-state index < -0.39 is 0 Å². The molecule has 1 heterocycles. The maximum atomic E-state index is 12.2. The molecule has 1 aromatic carbocycles. The fourth-order valence-electron chi connectivity index (χ4n) is 2.84. The van der Waals surface area contributed by atoms with Crippen molar-refractivity contribution in [2.75, 3.05) is 29.9 Å². The highest BCUT2D eigenvalue weighted by Gasteiger charge is 2.08. The number of anilines is 3. The third-order valence-electron chi connectivity index (χ3n) is 4.43. The van der Waals surface area contributed by atoms with Gasteiger partial charge in [-0.3, -0.25) is 9.78 Å². The molecule has 5 heteroatoms. The topological polar surface area (TPSA) is 57.3 Å². The van der Waals surface area contributed by atoms with Crippen LogP contribution in [0.25, 0.3) is 0 Å². The van der Waals surface area contributed by atoms with Crippen molar-refractivity contribution in [3.8, 4) is 0 Å². The second-order valence-electron chi connectivity index (χ2n) is 6.37. The van der Waals surface area contributed by atoms with Gasteiger partial charge >= 0.3 is 0 Å². The normalized spacial score (nSPS) is 10.5. The zero-order chi connectivity index (χ0) is 18.9. The zero-order valence-corrected chi connectivity index (χ0v) is 16.3. The molecule has 2 aromatic rings. The number of aryl methyl sites for hydroxylation is 1. The first-order chi connectivity index (χ1) is 12.6. The number of benzene rings is 1. The van der Waals surface area contributed by atoms with Crippen molar-refractivity contribution in [1.82, 2.24) is 10.3 Å². The van der Waals surface area contributed by atoms with Crippen LogP contribution in [0.3, 0.4) is 0 Å². The Labute approximate surface area is 156 Å². The first-order valence-corrected chi connectivity index (χ1v) is 9.44. The van der Waals surface area contributed by atoms with Crippen LogP contribution in [0.4, 0.5) is 17.1 Å². The van der Waals surface area contributed by atoms with E-state index in [1.165, 1.54) is 5.69 Å². The first kappa shape index (κ1) is 19.8. The summed E-state index contributed by atoms with van der Waals surface area (Å²) in [4.78, 5) is 18.7. The molecule has 0 unspecified atom stereocenters. The highest BCUT2D eigenvalue weighted by Crippen LogP contribution is 2.25. The van der Waals surface area contributed by atoms with Gasteiger partial charge in [0.05, 0.1) is 17.4 Å². The zero-order valence-electron chi connectivity index (χ0n) is 16.3. The fourth-order valence-corrected chi connectivity index (χ4v) is 2.84. The van der Waals surface area contributed by atoms with Crippen molar-refractivity contribution < 1.29 is 4.79 Å². The summed E-state index contributed by atoms with van der Waals surface area (Å²) in [6, 6.07) is 8.23. The molecule has 0 saturated carbocycles. The minimum absolute atomic E-state index is 0.0804. The van der Waals surface area contributed by atoms with Gasteiger partial charge in [0.2, 0.25) is 0 Å². The first-order valence-electron chi connectivity index (χ1n) is 9.44. The molecule has 0 atom stereocenters. The third-order valence-corrected chi connectivity index (χ3v) is 4.43. The molecule has 26 heavy (non-hydrogen) atoms. The van der Waals surface area contributed by atoms with Gasteiger partial charge < -0.3 is 15.5 Å². The van der Waals surface area contributed by atoms with Crippen LogP contribution < -0.4 is 15.5 Å². The Balaban J connectivity index is 2.11. The Morgan fingerprint density at radius 3 is 2.54 bits per heavy atom. The molecule has 0 fully saturated rings. The molecule has 0 aliphatic carbocycles. The van der Waals surface area contributed by atoms with Crippen molar-refractivity contribution in [2.24, 2.45) is 0 Å². The molecule has 1 amide bonds. The van der Waals surface area contributed by atoms with Crippen LogP contribution in [0.15, 0.2) is 36.7 Å². The monoisotopic (exact) mass is 354 g/mol. The molecule has 0 saturated heterocycles. The van der Waals surface area contributed by atoms with E-state index in [0.717, 1.165) is 42.9 Å². The summed E-state index contributed by atoms with van der Waals surface area (Å²) >= 11 is 0. The fraction of sp³-hybridized carbons (Fsp3) is 0.429. The number of rotatable bonds is 9. The molecule has 0 spiro atoms. The summed E-state index contributed by atoms with van der Waals surface area (Å²) < 4.78 is 0. The lowest BCUT2D eigenvalue weighted by Crippen LogP contribution is -2.24. The predicted molar refractivity (Wildman–Crippen MR) is 110 cm³/mol. The average molecular weight is 354 g/mol. The number of aromatic nitrogens is 1. The molecule has 1 aromatic heterocycles. The summed E-state index contributed by atoms with van der Waals surface area (Å²) in [5.41, 5.74) is 4.79. The van der Waals surface area contributed by atoms with Gasteiger partial charge in [0, 0.05) is 37.2 Å². The van der Waals surface area contributed by atoms with Gasteiger partial charge in [-0.15, -0.1) is 0 Å². The van der Waals surface area contributed by atoms with E-state index in [0.29, 0.717) is 12.1 Å². The van der Waals surface area contributed by atoms with E-state index in [-0.39, 0.29) is 5.91 Å². The smallest absolute Gasteiger partial charge is 0.252 e. The lowest BCUT2D eigenvalue weighted by Gasteiger charge is -2.22. The van der Waals surface area contributed by atoms with Gasteiger partial charge in [0.1, 0.15) is 0 Å². The Morgan fingerprint density at radius 2 is 1.88 bits per heavy atom. The largest absolute Gasteiger partial charge is 0.372 e. The van der Waals surface area contributed by atoms with Gasteiger partial charge in [-0.25, -0.2) is 0 Å². The van der Waals surface area contributed by atoms with Crippen LogP contribution in [0.1, 0.15) is 49.5 Å². The molecule has 2 rings (SSSR count). The van der Waals surface area contributed by atoms with Crippen LogP contribution in [0.5, 0.6) is 0 Å². The molecule has 0 radical (unpaired) electrons. The molecule has 140 valence electrons. The van der Waals surface area contributed by atoms with E-state index in [4.69, 9.17) is 0 Å². The second kappa shape index (κ2) is 9.80. The number of nitrogens with zero attached hydrogens (tertiary/aromatic N) is 2. The Morgan fingerprint density at radius 1 is 1.12 bits per heavy atom. The second-order valence-corrected chi connectivity index (χ2v) is 6.37. The number of amides is 1. The van der Waals surface area contributed by atoms with Crippen LogP contribution in [0.2, 0.25) is 0 Å². The minimum Gasteiger partial charge on any atom is -0.372 e. The van der Waals surface area contributed by atoms with Gasteiger partial charge in [-0.1, -0.05) is 13.3 Å². The SMILES string of the molecule is CCCCNC(=O)c1cncc(Nc2ccc(N(CC)CC)cc2C)c1. The van der Waals surface area contributed by atoms with Crippen molar-refractivity contribution in [3.63, 3.8) is 0 Å². The van der Waals surface area contributed by atoms with E-state index in [9.17, 15) is 4.79 Å². The van der Waals surface area contributed by atoms with Gasteiger partial charge in [0.25, 0.3) is 5.91 Å². The highest BCUT2D eigenvalue weighted by molar-refractivity contribution is 5.94. The van der Waals surface area contributed by atoms with E-state index >= 15 is 0 Å². The summed E-state index contributed by atoms with van der Waals surface area (Å²) in [7, 11) is 0. The number of hydrogen-bond acceptors (Lipinski definition) is 4. The summed E-state index contributed by atoms with van der Waals surface area (Å²) in [5.74, 6) is -0.0804. The quantitative estimate of drug-likeness (QED) is 0.651. The molecule has 0 aliphatic rings.